The molecule has 20 heavy (non-hydrogen) atoms. The van der Waals surface area contributed by atoms with Crippen LogP contribution in [0.4, 0.5) is 0 Å². The van der Waals surface area contributed by atoms with E-state index >= 15 is 0 Å². The van der Waals surface area contributed by atoms with Crippen molar-refractivity contribution in [2.45, 2.75) is 32.4 Å². The topological polar surface area (TPSA) is 15.3 Å². The highest BCUT2D eigenvalue weighted by Gasteiger charge is 2.28. The van der Waals surface area contributed by atoms with Gasteiger partial charge in [0.25, 0.3) is 0 Å². The Hall–Kier alpha value is -0.830. The van der Waals surface area contributed by atoms with E-state index in [1.807, 2.05) is 6.08 Å². The van der Waals surface area contributed by atoms with Crippen molar-refractivity contribution in [1.29, 1.82) is 0 Å². The first-order valence-electron chi connectivity index (χ1n) is 7.48. The first kappa shape index (κ1) is 15.6. The van der Waals surface area contributed by atoms with Gasteiger partial charge in [-0.05, 0) is 17.9 Å². The summed E-state index contributed by atoms with van der Waals surface area (Å²) in [6, 6.07) is 11.8. The van der Waals surface area contributed by atoms with Crippen molar-refractivity contribution < 1.29 is 0 Å². The molecule has 1 saturated heterocycles. The fourth-order valence-electron chi connectivity index (χ4n) is 2.99. The van der Waals surface area contributed by atoms with Crippen LogP contribution in [0.15, 0.2) is 41.9 Å². The maximum atomic E-state index is 5.71. The maximum absolute atomic E-state index is 5.71. The molecule has 1 fully saturated rings. The molecule has 2 atom stereocenters. The molecule has 110 valence electrons. The second-order valence-corrected chi connectivity index (χ2v) is 6.23. The summed E-state index contributed by atoms with van der Waals surface area (Å²) in [5.74, 6) is 0.728. The van der Waals surface area contributed by atoms with Crippen LogP contribution in [0.1, 0.15) is 31.9 Å². The van der Waals surface area contributed by atoms with Gasteiger partial charge in [-0.2, -0.15) is 0 Å². The average Bonchev–Trinajstić information content (AvgIpc) is 2.45. The van der Waals surface area contributed by atoms with E-state index in [2.05, 4.69) is 54.4 Å². The molecular formula is C17H25ClN2. The van der Waals surface area contributed by atoms with Gasteiger partial charge in [0.15, 0.2) is 0 Å². The largest absolute Gasteiger partial charge is 0.311 e. The lowest BCUT2D eigenvalue weighted by atomic mass is 9.96. The quantitative estimate of drug-likeness (QED) is 0.888. The van der Waals surface area contributed by atoms with Crippen LogP contribution in [0.25, 0.3) is 0 Å². The van der Waals surface area contributed by atoms with Gasteiger partial charge in [0.1, 0.15) is 0 Å². The third kappa shape index (κ3) is 4.34. The Morgan fingerprint density at radius 2 is 2.10 bits per heavy atom. The minimum Gasteiger partial charge on any atom is -0.311 e. The molecule has 2 unspecified atom stereocenters. The number of hydrogen-bond donors (Lipinski definition) is 1. The number of piperazine rings is 1. The summed E-state index contributed by atoms with van der Waals surface area (Å²) >= 11 is 5.71. The van der Waals surface area contributed by atoms with E-state index in [0.29, 0.717) is 12.1 Å². The summed E-state index contributed by atoms with van der Waals surface area (Å²) < 4.78 is 0. The zero-order valence-corrected chi connectivity index (χ0v) is 13.2. The Bertz CT molecular complexity index is 416. The molecule has 0 aromatic heterocycles. The van der Waals surface area contributed by atoms with Crippen LogP contribution < -0.4 is 5.32 Å². The summed E-state index contributed by atoms with van der Waals surface area (Å²) in [4.78, 5) is 2.53. The fraction of sp³-hybridized carbons (Fsp3) is 0.529. The smallest absolute Gasteiger partial charge is 0.0476 e. The predicted molar refractivity (Wildman–Crippen MR) is 87.0 cm³/mol. The van der Waals surface area contributed by atoms with E-state index in [-0.39, 0.29) is 0 Å². The molecular weight excluding hydrogens is 268 g/mol. The summed E-state index contributed by atoms with van der Waals surface area (Å²) in [7, 11) is 0. The van der Waals surface area contributed by atoms with Gasteiger partial charge in [-0.1, -0.05) is 61.9 Å². The van der Waals surface area contributed by atoms with Crippen molar-refractivity contribution in [3.05, 3.63) is 47.5 Å². The number of halogens is 1. The normalized spacial score (nSPS) is 24.6. The monoisotopic (exact) mass is 292 g/mol. The molecule has 1 heterocycles. The molecule has 0 radical (unpaired) electrons. The van der Waals surface area contributed by atoms with E-state index < -0.39 is 0 Å². The third-order valence-electron chi connectivity index (χ3n) is 3.86. The molecule has 2 nitrogen and oxygen atoms in total. The average molecular weight is 293 g/mol. The lowest BCUT2D eigenvalue weighted by Gasteiger charge is -2.40. The zero-order valence-electron chi connectivity index (χ0n) is 12.4. The van der Waals surface area contributed by atoms with Crippen LogP contribution in [-0.2, 0) is 0 Å². The lowest BCUT2D eigenvalue weighted by Crippen LogP contribution is -2.52. The number of rotatable bonds is 5. The molecule has 1 aromatic rings. The molecule has 1 aliphatic heterocycles. The SMILES string of the molecule is CC(C)CC1CN(C/C=C/Cl)C(c2ccccc2)CN1. The van der Waals surface area contributed by atoms with Gasteiger partial charge in [-0.15, -0.1) is 0 Å². The molecule has 0 aliphatic carbocycles. The minimum absolute atomic E-state index is 0.437. The predicted octanol–water partition coefficient (Wildman–Crippen LogP) is 3.80. The molecule has 1 aromatic carbocycles. The number of nitrogens with one attached hydrogen (secondary N) is 1. The Kier molecular flexibility index (Phi) is 6.08. The van der Waals surface area contributed by atoms with E-state index in [9.17, 15) is 0 Å². The van der Waals surface area contributed by atoms with Crippen LogP contribution >= 0.6 is 11.6 Å². The van der Waals surface area contributed by atoms with Crippen LogP contribution in [0, 0.1) is 5.92 Å². The van der Waals surface area contributed by atoms with Gasteiger partial charge in [0.2, 0.25) is 0 Å². The van der Waals surface area contributed by atoms with E-state index in [1.54, 1.807) is 5.54 Å². The Labute approximate surface area is 127 Å². The molecule has 0 spiro atoms. The molecule has 1 aliphatic rings. The van der Waals surface area contributed by atoms with E-state index in [4.69, 9.17) is 11.6 Å². The van der Waals surface area contributed by atoms with Crippen molar-refractivity contribution in [1.82, 2.24) is 10.2 Å². The molecule has 0 saturated carbocycles. The van der Waals surface area contributed by atoms with Crippen LogP contribution in [0.2, 0.25) is 0 Å². The summed E-state index contributed by atoms with van der Waals surface area (Å²) in [5.41, 5.74) is 3.01. The highest BCUT2D eigenvalue weighted by molar-refractivity contribution is 6.25. The molecule has 2 rings (SSSR count). The maximum Gasteiger partial charge on any atom is 0.0476 e. The summed E-state index contributed by atoms with van der Waals surface area (Å²) in [6.07, 6.45) is 3.26. The Morgan fingerprint density at radius 3 is 2.75 bits per heavy atom. The highest BCUT2D eigenvalue weighted by atomic mass is 35.5. The van der Waals surface area contributed by atoms with Crippen molar-refractivity contribution in [3.63, 3.8) is 0 Å². The van der Waals surface area contributed by atoms with Crippen LogP contribution in [0.5, 0.6) is 0 Å². The van der Waals surface area contributed by atoms with Gasteiger partial charge in [-0.25, -0.2) is 0 Å². The Balaban J connectivity index is 2.07. The van der Waals surface area contributed by atoms with Gasteiger partial charge < -0.3 is 5.32 Å². The van der Waals surface area contributed by atoms with Crippen molar-refractivity contribution >= 4 is 11.6 Å². The zero-order chi connectivity index (χ0) is 14.4. The van der Waals surface area contributed by atoms with Crippen LogP contribution in [-0.4, -0.2) is 30.6 Å². The van der Waals surface area contributed by atoms with Crippen molar-refractivity contribution in [3.8, 4) is 0 Å². The van der Waals surface area contributed by atoms with Gasteiger partial charge in [0.05, 0.1) is 0 Å². The van der Waals surface area contributed by atoms with Crippen molar-refractivity contribution in [2.75, 3.05) is 19.6 Å². The van der Waals surface area contributed by atoms with Gasteiger partial charge in [0, 0.05) is 37.3 Å². The van der Waals surface area contributed by atoms with Crippen LogP contribution in [0.3, 0.4) is 0 Å². The fourth-order valence-corrected chi connectivity index (χ4v) is 3.07. The summed E-state index contributed by atoms with van der Waals surface area (Å²) in [5, 5.41) is 3.71. The lowest BCUT2D eigenvalue weighted by molar-refractivity contribution is 0.136. The summed E-state index contributed by atoms with van der Waals surface area (Å²) in [6.45, 7) is 7.58. The number of hydrogen-bond acceptors (Lipinski definition) is 2. The Morgan fingerprint density at radius 1 is 1.35 bits per heavy atom. The third-order valence-corrected chi connectivity index (χ3v) is 4.04. The molecule has 0 bridgehead atoms. The van der Waals surface area contributed by atoms with Crippen molar-refractivity contribution in [2.24, 2.45) is 5.92 Å². The van der Waals surface area contributed by atoms with Gasteiger partial charge >= 0.3 is 0 Å². The van der Waals surface area contributed by atoms with Gasteiger partial charge in [-0.3, -0.25) is 4.90 Å². The molecule has 3 heteroatoms. The standard InChI is InChI=1S/C17H25ClN2/c1-14(2)11-16-13-20(10-6-9-18)17(12-19-16)15-7-4-3-5-8-15/h3-9,14,16-17,19H,10-13H2,1-2H3/b9-6+. The molecule has 1 N–H and O–H groups in total. The minimum atomic E-state index is 0.437. The first-order chi connectivity index (χ1) is 9.70. The second-order valence-electron chi connectivity index (χ2n) is 5.98. The second kappa shape index (κ2) is 7.82. The van der Waals surface area contributed by atoms with E-state index in [1.165, 1.54) is 12.0 Å². The first-order valence-corrected chi connectivity index (χ1v) is 7.92. The van der Waals surface area contributed by atoms with E-state index in [0.717, 1.165) is 25.6 Å². The molecule has 0 amide bonds. The highest BCUT2D eigenvalue weighted by Crippen LogP contribution is 2.25. The number of benzene rings is 1. The number of nitrogens with zero attached hydrogens (tertiary/aromatic N) is 1.